The number of ether oxygens (including phenoxy) is 3. The average Bonchev–Trinajstić information content (AvgIpc) is 2.90. The van der Waals surface area contributed by atoms with Crippen LogP contribution in [0.1, 0.15) is 52.0 Å². The van der Waals surface area contributed by atoms with E-state index in [1.807, 2.05) is 25.1 Å². The van der Waals surface area contributed by atoms with Gasteiger partial charge in [-0.25, -0.2) is 9.78 Å². The summed E-state index contributed by atoms with van der Waals surface area (Å²) in [7, 11) is 0. The number of benzene rings is 1. The molecule has 4 aliphatic heterocycles. The van der Waals surface area contributed by atoms with Gasteiger partial charge >= 0.3 is 0 Å². The molecule has 5 fully saturated rings. The van der Waals surface area contributed by atoms with Gasteiger partial charge in [0.15, 0.2) is 18.2 Å². The third-order valence-electron chi connectivity index (χ3n) is 7.35. The van der Waals surface area contributed by atoms with Crippen LogP contribution in [0.2, 0.25) is 0 Å². The molecule has 1 spiro atoms. The van der Waals surface area contributed by atoms with Crippen LogP contribution in [-0.2, 0) is 30.6 Å². The van der Waals surface area contributed by atoms with E-state index >= 15 is 0 Å². The van der Waals surface area contributed by atoms with Crippen molar-refractivity contribution < 1.29 is 24.0 Å². The second-order valence-corrected chi connectivity index (χ2v) is 9.07. The van der Waals surface area contributed by atoms with Gasteiger partial charge in [0.1, 0.15) is 0 Å². The third-order valence-corrected chi connectivity index (χ3v) is 7.35. The van der Waals surface area contributed by atoms with Crippen molar-refractivity contribution in [1.82, 2.24) is 0 Å². The van der Waals surface area contributed by atoms with Crippen LogP contribution in [-0.4, -0.2) is 24.0 Å². The molecule has 148 valence electrons. The Hall–Kier alpha value is -0.980. The maximum atomic E-state index is 6.43. The Labute approximate surface area is 161 Å². The van der Waals surface area contributed by atoms with Gasteiger partial charge in [-0.05, 0) is 43.6 Å². The molecular weight excluding hydrogens is 344 g/mol. The summed E-state index contributed by atoms with van der Waals surface area (Å²) in [5.41, 5.74) is 0.637. The summed E-state index contributed by atoms with van der Waals surface area (Å²) in [6.07, 6.45) is 3.45. The molecule has 1 aliphatic carbocycles. The minimum Gasteiger partial charge on any atom is -0.348 e. The van der Waals surface area contributed by atoms with Crippen molar-refractivity contribution in [3.05, 3.63) is 35.9 Å². The highest BCUT2D eigenvalue weighted by atomic mass is 17.3. The first-order chi connectivity index (χ1) is 13.0. The monoisotopic (exact) mass is 374 g/mol. The summed E-state index contributed by atoms with van der Waals surface area (Å²) in [6, 6.07) is 10.2. The van der Waals surface area contributed by atoms with Crippen molar-refractivity contribution in [1.29, 1.82) is 0 Å². The highest BCUT2D eigenvalue weighted by Gasteiger charge is 2.69. The first-order valence-electron chi connectivity index (χ1n) is 10.4. The number of hydrogen-bond donors (Lipinski definition) is 0. The van der Waals surface area contributed by atoms with E-state index in [2.05, 4.69) is 26.0 Å². The summed E-state index contributed by atoms with van der Waals surface area (Å²) in [5.74, 6) is 0.759. The van der Waals surface area contributed by atoms with Crippen LogP contribution in [0.25, 0.3) is 0 Å². The summed E-state index contributed by atoms with van der Waals surface area (Å²) < 4.78 is 19.0. The predicted octanol–water partition coefficient (Wildman–Crippen LogP) is 4.41. The van der Waals surface area contributed by atoms with Gasteiger partial charge in [-0.3, -0.25) is 0 Å². The SMILES string of the molecule is C[C@H]1[C@@H](OCc2ccccc2)O[C@@H]2O[C@@]3(C)CC[C@H]4[C@H](C)CC[C@@H]1[C@@]24OO3. The van der Waals surface area contributed by atoms with E-state index in [9.17, 15) is 0 Å². The lowest BCUT2D eigenvalue weighted by Gasteiger charge is -2.60. The Morgan fingerprint density at radius 2 is 1.85 bits per heavy atom. The lowest BCUT2D eigenvalue weighted by atomic mass is 9.58. The van der Waals surface area contributed by atoms with Crippen LogP contribution in [0.5, 0.6) is 0 Å². The maximum Gasteiger partial charge on any atom is 0.201 e. The molecule has 4 heterocycles. The molecule has 6 rings (SSSR count). The van der Waals surface area contributed by atoms with Gasteiger partial charge in [0, 0.05) is 18.3 Å². The fraction of sp³-hybridized carbons (Fsp3) is 0.727. The third kappa shape index (κ3) is 2.78. The Bertz CT molecular complexity index is 681. The fourth-order valence-corrected chi connectivity index (χ4v) is 5.82. The average molecular weight is 374 g/mol. The van der Waals surface area contributed by atoms with E-state index in [4.69, 9.17) is 24.0 Å². The van der Waals surface area contributed by atoms with E-state index in [0.29, 0.717) is 24.4 Å². The van der Waals surface area contributed by atoms with Gasteiger partial charge in [0.05, 0.1) is 6.61 Å². The van der Waals surface area contributed by atoms with Gasteiger partial charge in [-0.2, -0.15) is 0 Å². The maximum absolute atomic E-state index is 6.43. The molecule has 5 aliphatic rings. The minimum atomic E-state index is -0.734. The van der Waals surface area contributed by atoms with Crippen molar-refractivity contribution >= 4 is 0 Å². The first kappa shape index (κ1) is 18.1. The standard InChI is InChI=1S/C22H30O5/c1-14-9-10-18-15(2)19(23-13-16-7-5-4-6-8-16)24-20-22(18)17(14)11-12-21(3,25-20)26-27-22/h4-8,14-15,17-20H,9-13H2,1-3H3/t14-,15-,17+,18+,19+,20-,21-,22-/m1/s1. The van der Waals surface area contributed by atoms with Crippen LogP contribution in [0.15, 0.2) is 30.3 Å². The molecule has 27 heavy (non-hydrogen) atoms. The van der Waals surface area contributed by atoms with Gasteiger partial charge in [0.2, 0.25) is 5.79 Å². The molecule has 1 aromatic carbocycles. The van der Waals surface area contributed by atoms with Crippen LogP contribution in [0.3, 0.4) is 0 Å². The van der Waals surface area contributed by atoms with E-state index in [1.165, 1.54) is 6.42 Å². The van der Waals surface area contributed by atoms with Crippen molar-refractivity contribution in [2.24, 2.45) is 23.7 Å². The zero-order valence-electron chi connectivity index (χ0n) is 16.4. The highest BCUT2D eigenvalue weighted by molar-refractivity contribution is 5.14. The molecule has 5 heteroatoms. The Morgan fingerprint density at radius 3 is 2.67 bits per heavy atom. The molecular formula is C22H30O5. The molecule has 0 radical (unpaired) electrons. The largest absolute Gasteiger partial charge is 0.348 e. The van der Waals surface area contributed by atoms with Crippen LogP contribution in [0.4, 0.5) is 0 Å². The molecule has 4 saturated heterocycles. The summed E-state index contributed by atoms with van der Waals surface area (Å²) in [6.45, 7) is 7.05. The Balaban J connectivity index is 1.43. The van der Waals surface area contributed by atoms with Crippen LogP contribution < -0.4 is 0 Å². The quantitative estimate of drug-likeness (QED) is 0.734. The first-order valence-corrected chi connectivity index (χ1v) is 10.4. The Kier molecular flexibility index (Phi) is 4.37. The lowest BCUT2D eigenvalue weighted by Crippen LogP contribution is -2.70. The van der Waals surface area contributed by atoms with Crippen molar-refractivity contribution in [3.63, 3.8) is 0 Å². The predicted molar refractivity (Wildman–Crippen MR) is 98.1 cm³/mol. The number of fused-ring (bicyclic) bond motifs is 2. The van der Waals surface area contributed by atoms with E-state index in [1.54, 1.807) is 0 Å². The highest BCUT2D eigenvalue weighted by Crippen LogP contribution is 2.60. The van der Waals surface area contributed by atoms with Crippen molar-refractivity contribution in [2.45, 2.75) is 77.0 Å². The zero-order valence-corrected chi connectivity index (χ0v) is 16.4. The molecule has 0 amide bonds. The zero-order chi connectivity index (χ0) is 18.6. The molecule has 1 saturated carbocycles. The number of hydrogen-bond acceptors (Lipinski definition) is 5. The molecule has 0 aromatic heterocycles. The van der Waals surface area contributed by atoms with E-state index in [-0.39, 0.29) is 12.2 Å². The minimum absolute atomic E-state index is 0.217. The van der Waals surface area contributed by atoms with Crippen molar-refractivity contribution in [3.8, 4) is 0 Å². The molecule has 0 N–H and O–H groups in total. The van der Waals surface area contributed by atoms with E-state index < -0.39 is 17.7 Å². The molecule has 0 unspecified atom stereocenters. The fourth-order valence-electron chi connectivity index (χ4n) is 5.82. The molecule has 2 bridgehead atoms. The van der Waals surface area contributed by atoms with Crippen LogP contribution in [0, 0.1) is 23.7 Å². The molecule has 1 aromatic rings. The second kappa shape index (κ2) is 6.53. The Morgan fingerprint density at radius 1 is 1.04 bits per heavy atom. The summed E-state index contributed by atoms with van der Waals surface area (Å²) >= 11 is 0. The number of rotatable bonds is 3. The topological polar surface area (TPSA) is 46.2 Å². The van der Waals surface area contributed by atoms with Gasteiger partial charge in [-0.1, -0.05) is 44.2 Å². The second-order valence-electron chi connectivity index (χ2n) is 9.07. The van der Waals surface area contributed by atoms with Crippen LogP contribution >= 0.6 is 0 Å². The normalized spacial score (nSPS) is 48.7. The van der Waals surface area contributed by atoms with Crippen molar-refractivity contribution in [2.75, 3.05) is 0 Å². The van der Waals surface area contributed by atoms with Gasteiger partial charge in [0.25, 0.3) is 0 Å². The smallest absolute Gasteiger partial charge is 0.201 e. The molecule has 5 nitrogen and oxygen atoms in total. The van der Waals surface area contributed by atoms with Gasteiger partial charge < -0.3 is 14.2 Å². The summed E-state index contributed by atoms with van der Waals surface area (Å²) in [4.78, 5) is 12.0. The van der Waals surface area contributed by atoms with Gasteiger partial charge in [-0.15, -0.1) is 0 Å². The molecule has 8 atom stereocenters. The summed E-state index contributed by atoms with van der Waals surface area (Å²) in [5, 5.41) is 0. The van der Waals surface area contributed by atoms with E-state index in [0.717, 1.165) is 24.8 Å². The lowest BCUT2D eigenvalue weighted by molar-refractivity contribution is -0.577.